The molecule has 1 nitrogen and oxygen atoms in total. The maximum absolute atomic E-state index is 3.86. The molecule has 0 spiro atoms. The van der Waals surface area contributed by atoms with Crippen LogP contribution in [0.2, 0.25) is 0 Å². The highest BCUT2D eigenvalue weighted by molar-refractivity contribution is 5.31. The van der Waals surface area contributed by atoms with Crippen LogP contribution in [0.3, 0.4) is 0 Å². The number of nitrogens with one attached hydrogen (secondary N) is 1. The zero-order valence-electron chi connectivity index (χ0n) is 13.3. The van der Waals surface area contributed by atoms with Gasteiger partial charge in [0.15, 0.2) is 0 Å². The molecule has 1 aromatic rings. The van der Waals surface area contributed by atoms with Crippen LogP contribution in [0.1, 0.15) is 49.3 Å². The average Bonchev–Trinajstić information content (AvgIpc) is 2.91. The molecule has 110 valence electrons. The van der Waals surface area contributed by atoms with E-state index in [1.54, 1.807) is 5.56 Å². The van der Waals surface area contributed by atoms with Gasteiger partial charge in [0.2, 0.25) is 0 Å². The van der Waals surface area contributed by atoms with Crippen LogP contribution in [0.5, 0.6) is 0 Å². The molecule has 0 radical (unpaired) electrons. The fraction of sp³-hybridized carbons (Fsp3) is 0.684. The van der Waals surface area contributed by atoms with Gasteiger partial charge < -0.3 is 5.32 Å². The predicted octanol–water partition coefficient (Wildman–Crippen LogP) is 4.26. The van der Waals surface area contributed by atoms with Gasteiger partial charge in [-0.15, -0.1) is 0 Å². The third-order valence-electron chi connectivity index (χ3n) is 5.54. The van der Waals surface area contributed by atoms with E-state index in [4.69, 9.17) is 0 Å². The Bertz CT molecular complexity index is 455. The number of fused-ring (bicyclic) bond motifs is 1. The molecule has 3 unspecified atom stereocenters. The van der Waals surface area contributed by atoms with Gasteiger partial charge in [0.05, 0.1) is 0 Å². The van der Waals surface area contributed by atoms with Crippen molar-refractivity contribution in [2.45, 2.75) is 58.9 Å². The highest BCUT2D eigenvalue weighted by atomic mass is 14.9. The first kappa shape index (κ1) is 14.1. The maximum atomic E-state index is 3.86. The maximum Gasteiger partial charge on any atom is 0.0141 e. The van der Waals surface area contributed by atoms with E-state index in [2.05, 4.69) is 44.3 Å². The molecule has 1 aromatic carbocycles. The molecular formula is C19H29N. The van der Waals surface area contributed by atoms with Crippen molar-refractivity contribution in [3.05, 3.63) is 34.9 Å². The molecule has 3 atom stereocenters. The number of rotatable bonds is 6. The first-order valence-corrected chi connectivity index (χ1v) is 8.50. The average molecular weight is 271 g/mol. The second-order valence-electron chi connectivity index (χ2n) is 7.03. The SMILES string of the molecule is CCCNC(Cc1cc(C)ccc1C)C1C2CCCC21. The Hall–Kier alpha value is -0.820. The lowest BCUT2D eigenvalue weighted by Crippen LogP contribution is -2.35. The first-order chi connectivity index (χ1) is 9.70. The van der Waals surface area contributed by atoms with Crippen molar-refractivity contribution in [1.29, 1.82) is 0 Å². The molecule has 0 saturated heterocycles. The summed E-state index contributed by atoms with van der Waals surface area (Å²) in [6.45, 7) is 7.92. The lowest BCUT2D eigenvalue weighted by Gasteiger charge is -2.22. The van der Waals surface area contributed by atoms with Crippen LogP contribution < -0.4 is 5.32 Å². The molecule has 2 aliphatic rings. The third kappa shape index (κ3) is 2.79. The highest BCUT2D eigenvalue weighted by Gasteiger charge is 2.55. The normalized spacial score (nSPS) is 29.2. The van der Waals surface area contributed by atoms with Crippen molar-refractivity contribution in [3.8, 4) is 0 Å². The molecule has 0 aliphatic heterocycles. The second-order valence-corrected chi connectivity index (χ2v) is 7.03. The molecule has 2 fully saturated rings. The predicted molar refractivity (Wildman–Crippen MR) is 86.0 cm³/mol. The summed E-state index contributed by atoms with van der Waals surface area (Å²) in [5.41, 5.74) is 4.42. The molecule has 1 heteroatoms. The summed E-state index contributed by atoms with van der Waals surface area (Å²) in [5.74, 6) is 3.07. The molecule has 0 aromatic heterocycles. The van der Waals surface area contributed by atoms with Crippen molar-refractivity contribution in [3.63, 3.8) is 0 Å². The highest BCUT2D eigenvalue weighted by Crippen LogP contribution is 2.59. The van der Waals surface area contributed by atoms with E-state index >= 15 is 0 Å². The summed E-state index contributed by atoms with van der Waals surface area (Å²) in [7, 11) is 0. The van der Waals surface area contributed by atoms with Crippen molar-refractivity contribution in [1.82, 2.24) is 5.32 Å². The van der Waals surface area contributed by atoms with Gasteiger partial charge in [-0.25, -0.2) is 0 Å². The summed E-state index contributed by atoms with van der Waals surface area (Å²) in [4.78, 5) is 0. The third-order valence-corrected chi connectivity index (χ3v) is 5.54. The molecule has 1 N–H and O–H groups in total. The van der Waals surface area contributed by atoms with Gasteiger partial charge in [-0.2, -0.15) is 0 Å². The van der Waals surface area contributed by atoms with Gasteiger partial charge in [0.1, 0.15) is 0 Å². The van der Waals surface area contributed by atoms with Gasteiger partial charge >= 0.3 is 0 Å². The zero-order chi connectivity index (χ0) is 14.1. The summed E-state index contributed by atoms with van der Waals surface area (Å²) in [6, 6.07) is 7.63. The summed E-state index contributed by atoms with van der Waals surface area (Å²) in [5, 5.41) is 3.86. The van der Waals surface area contributed by atoms with Crippen LogP contribution >= 0.6 is 0 Å². The van der Waals surface area contributed by atoms with Crippen molar-refractivity contribution in [2.24, 2.45) is 17.8 Å². The molecule has 0 amide bonds. The zero-order valence-corrected chi connectivity index (χ0v) is 13.3. The van der Waals surface area contributed by atoms with Crippen LogP contribution in [0.25, 0.3) is 0 Å². The van der Waals surface area contributed by atoms with E-state index < -0.39 is 0 Å². The van der Waals surface area contributed by atoms with Gasteiger partial charge in [-0.05, 0) is 75.0 Å². The van der Waals surface area contributed by atoms with E-state index in [0.29, 0.717) is 6.04 Å². The standard InChI is InChI=1S/C19H29N/c1-4-10-20-18(19-16-6-5-7-17(16)19)12-15-11-13(2)8-9-14(15)3/h8-9,11,16-20H,4-7,10,12H2,1-3H3. The Morgan fingerprint density at radius 2 is 1.95 bits per heavy atom. The Kier molecular flexibility index (Phi) is 4.16. The quantitative estimate of drug-likeness (QED) is 0.815. The lowest BCUT2D eigenvalue weighted by atomic mass is 9.93. The minimum Gasteiger partial charge on any atom is -0.313 e. The summed E-state index contributed by atoms with van der Waals surface area (Å²) >= 11 is 0. The van der Waals surface area contributed by atoms with Gasteiger partial charge in [0, 0.05) is 6.04 Å². The monoisotopic (exact) mass is 271 g/mol. The van der Waals surface area contributed by atoms with E-state index in [-0.39, 0.29) is 0 Å². The number of hydrogen-bond acceptors (Lipinski definition) is 1. The molecule has 3 rings (SSSR count). The van der Waals surface area contributed by atoms with Crippen LogP contribution in [0, 0.1) is 31.6 Å². The number of hydrogen-bond donors (Lipinski definition) is 1. The largest absolute Gasteiger partial charge is 0.313 e. The van der Waals surface area contributed by atoms with E-state index in [9.17, 15) is 0 Å². The van der Waals surface area contributed by atoms with Crippen molar-refractivity contribution < 1.29 is 0 Å². The minimum atomic E-state index is 0.714. The molecule has 2 aliphatic carbocycles. The smallest absolute Gasteiger partial charge is 0.0141 e. The van der Waals surface area contributed by atoms with Gasteiger partial charge in [-0.3, -0.25) is 0 Å². The van der Waals surface area contributed by atoms with E-state index in [1.165, 1.54) is 49.8 Å². The fourth-order valence-electron chi connectivity index (χ4n) is 4.40. The van der Waals surface area contributed by atoms with Crippen LogP contribution in [0.4, 0.5) is 0 Å². The van der Waals surface area contributed by atoms with Crippen LogP contribution in [-0.2, 0) is 6.42 Å². The van der Waals surface area contributed by atoms with Crippen LogP contribution in [-0.4, -0.2) is 12.6 Å². The topological polar surface area (TPSA) is 12.0 Å². The first-order valence-electron chi connectivity index (χ1n) is 8.50. The number of benzene rings is 1. The Balaban J connectivity index is 1.71. The lowest BCUT2D eigenvalue weighted by molar-refractivity contribution is 0.403. The molecule has 0 heterocycles. The Morgan fingerprint density at radius 1 is 1.20 bits per heavy atom. The van der Waals surface area contributed by atoms with Gasteiger partial charge in [-0.1, -0.05) is 37.1 Å². The summed E-state index contributed by atoms with van der Waals surface area (Å²) < 4.78 is 0. The van der Waals surface area contributed by atoms with Crippen molar-refractivity contribution >= 4 is 0 Å². The van der Waals surface area contributed by atoms with Crippen molar-refractivity contribution in [2.75, 3.05) is 6.54 Å². The molecule has 0 bridgehead atoms. The number of aryl methyl sites for hydroxylation is 2. The molecular weight excluding hydrogens is 242 g/mol. The second kappa shape index (κ2) is 5.89. The summed E-state index contributed by atoms with van der Waals surface area (Å²) in [6.07, 6.45) is 6.94. The Labute approximate surface area is 124 Å². The van der Waals surface area contributed by atoms with Gasteiger partial charge in [0.25, 0.3) is 0 Å². The molecule has 2 saturated carbocycles. The fourth-order valence-corrected chi connectivity index (χ4v) is 4.40. The van der Waals surface area contributed by atoms with E-state index in [0.717, 1.165) is 17.8 Å². The minimum absolute atomic E-state index is 0.714. The van der Waals surface area contributed by atoms with Crippen LogP contribution in [0.15, 0.2) is 18.2 Å². The van der Waals surface area contributed by atoms with E-state index in [1.807, 2.05) is 0 Å². The molecule has 20 heavy (non-hydrogen) atoms. The Morgan fingerprint density at radius 3 is 2.65 bits per heavy atom.